The average Bonchev–Trinajstić information content (AvgIpc) is 2.80. The summed E-state index contributed by atoms with van der Waals surface area (Å²) in [5.74, 6) is -2.13. The number of aliphatic hydroxyl groups is 1. The minimum absolute atomic E-state index is 0.0443. The van der Waals surface area contributed by atoms with Crippen LogP contribution in [0.5, 0.6) is 0 Å². The van der Waals surface area contributed by atoms with Gasteiger partial charge in [0.2, 0.25) is 16.0 Å². The first kappa shape index (κ1) is 27.4. The third-order valence-electron chi connectivity index (χ3n) is 6.26. The van der Waals surface area contributed by atoms with E-state index >= 15 is 4.39 Å². The Morgan fingerprint density at radius 2 is 2.05 bits per heavy atom. The van der Waals surface area contributed by atoms with Gasteiger partial charge < -0.3 is 20.6 Å². The van der Waals surface area contributed by atoms with Gasteiger partial charge in [-0.1, -0.05) is 6.07 Å². The highest BCUT2D eigenvalue weighted by atomic mass is 32.2. The number of nitrogens with zero attached hydrogens (tertiary/aromatic N) is 3. The average molecular weight is 551 g/mol. The minimum Gasteiger partial charge on any atom is -0.388 e. The lowest BCUT2D eigenvalue weighted by Crippen LogP contribution is -2.50. The zero-order chi connectivity index (χ0) is 27.0. The molecule has 9 nitrogen and oxygen atoms in total. The molecular formula is C22H27F5N6O3S. The number of nitrogens with one attached hydrogen (secondary N) is 3. The van der Waals surface area contributed by atoms with Gasteiger partial charge in [-0.25, -0.2) is 26.9 Å². The number of halogens is 5. The summed E-state index contributed by atoms with van der Waals surface area (Å²) in [6.07, 6.45) is -4.73. The molecule has 0 amide bonds. The van der Waals surface area contributed by atoms with Crippen molar-refractivity contribution in [3.05, 3.63) is 35.8 Å². The van der Waals surface area contributed by atoms with Crippen molar-refractivity contribution in [2.24, 2.45) is 0 Å². The van der Waals surface area contributed by atoms with Crippen molar-refractivity contribution in [1.29, 1.82) is 0 Å². The molecule has 3 atom stereocenters. The van der Waals surface area contributed by atoms with Gasteiger partial charge in [-0.3, -0.25) is 0 Å². The Kier molecular flexibility index (Phi) is 7.61. The summed E-state index contributed by atoms with van der Waals surface area (Å²) in [7, 11) is -4.46. The van der Waals surface area contributed by atoms with Crippen LogP contribution in [0.4, 0.5) is 39.4 Å². The maximum absolute atomic E-state index is 15.3. The van der Waals surface area contributed by atoms with Crippen LogP contribution < -0.4 is 20.3 Å². The molecule has 37 heavy (non-hydrogen) atoms. The van der Waals surface area contributed by atoms with Gasteiger partial charge in [0, 0.05) is 25.8 Å². The van der Waals surface area contributed by atoms with Crippen LogP contribution in [0, 0.1) is 5.82 Å². The third kappa shape index (κ3) is 6.27. The van der Waals surface area contributed by atoms with Crippen molar-refractivity contribution in [3.8, 4) is 0 Å². The SMILES string of the molecule is C[C@]1(O)CCCN(c2nc(Nc3cccc(S(=O)(=O)N[C@@H]4CCNC[C@@H]4F)c3F)ncc2C(F)(F)F)C1. The molecule has 4 rings (SSSR count). The highest BCUT2D eigenvalue weighted by Crippen LogP contribution is 2.38. The number of benzene rings is 1. The molecule has 0 spiro atoms. The van der Waals surface area contributed by atoms with Crippen LogP contribution in [-0.4, -0.2) is 67.5 Å². The van der Waals surface area contributed by atoms with E-state index in [2.05, 4.69) is 25.3 Å². The van der Waals surface area contributed by atoms with Crippen molar-refractivity contribution in [3.63, 3.8) is 0 Å². The number of sulfonamides is 1. The highest BCUT2D eigenvalue weighted by Gasteiger charge is 2.39. The van der Waals surface area contributed by atoms with Gasteiger partial charge in [0.05, 0.1) is 17.3 Å². The molecule has 4 N–H and O–H groups in total. The maximum Gasteiger partial charge on any atom is 0.421 e. The minimum atomic E-state index is -4.79. The number of anilines is 3. The van der Waals surface area contributed by atoms with Gasteiger partial charge in [-0.05, 0) is 44.9 Å². The van der Waals surface area contributed by atoms with E-state index in [9.17, 15) is 31.1 Å². The Morgan fingerprint density at radius 1 is 1.30 bits per heavy atom. The van der Waals surface area contributed by atoms with E-state index in [0.29, 0.717) is 25.6 Å². The molecule has 1 aromatic carbocycles. The van der Waals surface area contributed by atoms with Crippen LogP contribution in [0.15, 0.2) is 29.3 Å². The van der Waals surface area contributed by atoms with Crippen molar-refractivity contribution < 1.29 is 35.5 Å². The molecule has 2 aromatic rings. The molecular weight excluding hydrogens is 523 g/mol. The van der Waals surface area contributed by atoms with Crippen LogP contribution in [-0.2, 0) is 16.2 Å². The van der Waals surface area contributed by atoms with Crippen molar-refractivity contribution in [2.45, 2.75) is 55.1 Å². The molecule has 0 saturated carbocycles. The summed E-state index contributed by atoms with van der Waals surface area (Å²) >= 11 is 0. The first-order chi connectivity index (χ1) is 17.3. The van der Waals surface area contributed by atoms with Gasteiger partial charge in [0.1, 0.15) is 22.4 Å². The van der Waals surface area contributed by atoms with E-state index in [0.717, 1.165) is 6.07 Å². The fraction of sp³-hybridized carbons (Fsp3) is 0.545. The van der Waals surface area contributed by atoms with Gasteiger partial charge in [0.15, 0.2) is 5.82 Å². The molecule has 0 radical (unpaired) electrons. The third-order valence-corrected chi connectivity index (χ3v) is 7.77. The Labute approximate surface area is 210 Å². The van der Waals surface area contributed by atoms with Crippen LogP contribution in [0.3, 0.4) is 0 Å². The highest BCUT2D eigenvalue weighted by molar-refractivity contribution is 7.89. The Bertz CT molecular complexity index is 1240. The van der Waals surface area contributed by atoms with Gasteiger partial charge in [-0.2, -0.15) is 18.2 Å². The summed E-state index contributed by atoms with van der Waals surface area (Å²) in [6, 6.07) is 2.35. The number of alkyl halides is 4. The van der Waals surface area contributed by atoms with E-state index in [1.807, 2.05) is 0 Å². The van der Waals surface area contributed by atoms with E-state index in [1.165, 1.54) is 24.0 Å². The lowest BCUT2D eigenvalue weighted by molar-refractivity contribution is -0.137. The maximum atomic E-state index is 15.3. The van der Waals surface area contributed by atoms with E-state index in [4.69, 9.17) is 0 Å². The lowest BCUT2D eigenvalue weighted by atomic mass is 9.95. The van der Waals surface area contributed by atoms with Crippen LogP contribution >= 0.6 is 0 Å². The molecule has 3 heterocycles. The molecule has 204 valence electrons. The second-order valence-corrected chi connectivity index (χ2v) is 11.1. The van der Waals surface area contributed by atoms with Gasteiger partial charge in [0.25, 0.3) is 0 Å². The van der Waals surface area contributed by atoms with Crippen LogP contribution in [0.1, 0.15) is 31.7 Å². The smallest absolute Gasteiger partial charge is 0.388 e. The largest absolute Gasteiger partial charge is 0.421 e. The molecule has 2 saturated heterocycles. The molecule has 2 fully saturated rings. The summed E-state index contributed by atoms with van der Waals surface area (Å²) in [6.45, 7) is 1.95. The molecule has 2 aliphatic heterocycles. The molecule has 15 heteroatoms. The Balaban J connectivity index is 1.63. The second-order valence-electron chi connectivity index (χ2n) is 9.43. The number of hydrogen-bond donors (Lipinski definition) is 4. The van der Waals surface area contributed by atoms with Gasteiger partial charge >= 0.3 is 6.18 Å². The quantitative estimate of drug-likeness (QED) is 0.406. The molecule has 0 bridgehead atoms. The zero-order valence-corrected chi connectivity index (χ0v) is 20.6. The van der Waals surface area contributed by atoms with E-state index in [-0.39, 0.29) is 26.1 Å². The van der Waals surface area contributed by atoms with E-state index < -0.39 is 67.7 Å². The first-order valence-electron chi connectivity index (χ1n) is 11.6. The summed E-state index contributed by atoms with van der Waals surface area (Å²) in [5, 5.41) is 15.6. The van der Waals surface area contributed by atoms with Crippen molar-refractivity contribution in [1.82, 2.24) is 20.0 Å². The summed E-state index contributed by atoms with van der Waals surface area (Å²) < 4.78 is 98.1. The second kappa shape index (κ2) is 10.3. The number of aromatic nitrogens is 2. The van der Waals surface area contributed by atoms with Crippen molar-refractivity contribution in [2.75, 3.05) is 36.4 Å². The van der Waals surface area contributed by atoms with Crippen LogP contribution in [0.25, 0.3) is 0 Å². The zero-order valence-electron chi connectivity index (χ0n) is 19.8. The molecule has 2 aliphatic rings. The predicted molar refractivity (Wildman–Crippen MR) is 125 cm³/mol. The fourth-order valence-electron chi connectivity index (χ4n) is 4.43. The Morgan fingerprint density at radius 3 is 2.73 bits per heavy atom. The number of piperidine rings is 2. The predicted octanol–water partition coefficient (Wildman–Crippen LogP) is 2.71. The first-order valence-corrected chi connectivity index (χ1v) is 13.1. The van der Waals surface area contributed by atoms with Crippen LogP contribution in [0.2, 0.25) is 0 Å². The summed E-state index contributed by atoms with van der Waals surface area (Å²) in [5.41, 5.74) is -2.75. The normalized spacial score (nSPS) is 25.2. The number of β-amino-alcohol motifs (C(OH)–C–C–N with tert-alkyl or cyclic N) is 1. The monoisotopic (exact) mass is 550 g/mol. The molecule has 0 aliphatic carbocycles. The molecule has 0 unspecified atom stereocenters. The van der Waals surface area contributed by atoms with Crippen molar-refractivity contribution >= 4 is 27.5 Å². The Hall–Kier alpha value is -2.62. The topological polar surface area (TPSA) is 119 Å². The fourth-order valence-corrected chi connectivity index (χ4v) is 5.82. The lowest BCUT2D eigenvalue weighted by Gasteiger charge is -2.38. The summed E-state index contributed by atoms with van der Waals surface area (Å²) in [4.78, 5) is 8.12. The number of rotatable bonds is 6. The molecule has 1 aromatic heterocycles. The standard InChI is InChI=1S/C22H27F5N6O3S/c1-21(34)7-3-9-33(12-21)19-13(22(25,26)27)10-29-20(31-19)30-16-4-2-5-17(18(16)24)37(35,36)32-15-6-8-28-11-14(15)23/h2,4-5,10,14-15,28,32,34H,3,6-9,11-12H2,1H3,(H,29,30,31)/t14-,15+,21-/m0/s1. The van der Waals surface area contributed by atoms with Gasteiger partial charge in [-0.15, -0.1) is 0 Å². The van der Waals surface area contributed by atoms with E-state index in [1.54, 1.807) is 0 Å². The number of hydrogen-bond acceptors (Lipinski definition) is 8.